The van der Waals surface area contributed by atoms with Crippen LogP contribution in [0, 0.1) is 0 Å². The summed E-state index contributed by atoms with van der Waals surface area (Å²) >= 11 is 0. The van der Waals surface area contributed by atoms with Crippen LogP contribution in [0.25, 0.3) is 0 Å². The molecule has 0 spiro atoms. The van der Waals surface area contributed by atoms with E-state index in [-0.39, 0.29) is 24.0 Å². The van der Waals surface area contributed by atoms with Gasteiger partial charge in [0, 0.05) is 18.8 Å². The summed E-state index contributed by atoms with van der Waals surface area (Å²) in [6.45, 7) is 0.127. The molecule has 1 heterocycles. The number of sulfonamides is 1. The Bertz CT molecular complexity index is 1180. The molecule has 0 aliphatic heterocycles. The van der Waals surface area contributed by atoms with Crippen molar-refractivity contribution in [3.63, 3.8) is 0 Å². The topological polar surface area (TPSA) is 130 Å². The highest BCUT2D eigenvalue weighted by Crippen LogP contribution is 2.35. The number of hydrogen-bond acceptors (Lipinski definition) is 8. The third-order valence-electron chi connectivity index (χ3n) is 5.22. The largest absolute Gasteiger partial charge is 0.506 e. The van der Waals surface area contributed by atoms with Crippen molar-refractivity contribution in [1.82, 2.24) is 10.3 Å². The molecule has 0 saturated heterocycles. The highest BCUT2D eigenvalue weighted by atomic mass is 32.2. The van der Waals surface area contributed by atoms with Crippen LogP contribution < -0.4 is 19.5 Å². The number of hydrogen-bond donors (Lipinski definition) is 4. The van der Waals surface area contributed by atoms with E-state index >= 15 is 0 Å². The Kier molecular flexibility index (Phi) is 8.32. The molecule has 2 atom stereocenters. The lowest BCUT2D eigenvalue weighted by atomic mass is 9.98. The van der Waals surface area contributed by atoms with Crippen LogP contribution in [0.3, 0.4) is 0 Å². The van der Waals surface area contributed by atoms with Crippen LogP contribution in [-0.2, 0) is 16.4 Å². The Morgan fingerprint density at radius 2 is 1.79 bits per heavy atom. The van der Waals surface area contributed by atoms with Gasteiger partial charge in [0.1, 0.15) is 11.5 Å². The summed E-state index contributed by atoms with van der Waals surface area (Å²) in [5.41, 5.74) is 2.20. The number of nitrogens with one attached hydrogen (secondary N) is 2. The first-order chi connectivity index (χ1) is 16.2. The first kappa shape index (κ1) is 25.3. The number of phenols is 1. The second-order valence-electron chi connectivity index (χ2n) is 7.75. The van der Waals surface area contributed by atoms with E-state index < -0.39 is 16.1 Å². The number of aromatic hydroxyl groups is 1. The van der Waals surface area contributed by atoms with E-state index in [0.29, 0.717) is 29.2 Å². The molecule has 2 aromatic carbocycles. The Labute approximate surface area is 199 Å². The molecule has 3 aromatic rings. The predicted molar refractivity (Wildman–Crippen MR) is 130 cm³/mol. The molecule has 0 amide bonds. The number of pyridine rings is 1. The second-order valence-corrected chi connectivity index (χ2v) is 9.50. The van der Waals surface area contributed by atoms with Crippen molar-refractivity contribution >= 4 is 15.7 Å². The zero-order chi connectivity index (χ0) is 24.7. The van der Waals surface area contributed by atoms with Gasteiger partial charge in [0.05, 0.1) is 37.8 Å². The van der Waals surface area contributed by atoms with E-state index in [0.717, 1.165) is 11.8 Å². The lowest BCUT2D eigenvalue weighted by Crippen LogP contribution is -2.29. The molecular formula is C24H29N3O6S. The maximum atomic E-state index is 11.6. The fourth-order valence-corrected chi connectivity index (χ4v) is 4.20. The minimum Gasteiger partial charge on any atom is -0.506 e. The maximum absolute atomic E-state index is 11.6. The predicted octanol–water partition coefficient (Wildman–Crippen LogP) is 2.78. The summed E-state index contributed by atoms with van der Waals surface area (Å²) in [5, 5.41) is 24.2. The number of nitrogens with zero attached hydrogens (tertiary/aromatic N) is 1. The van der Waals surface area contributed by atoms with Gasteiger partial charge < -0.3 is 25.0 Å². The van der Waals surface area contributed by atoms with Crippen LogP contribution >= 0.6 is 0 Å². The molecule has 10 heteroatoms. The highest BCUT2D eigenvalue weighted by molar-refractivity contribution is 7.92. The summed E-state index contributed by atoms with van der Waals surface area (Å²) in [5.74, 6) is 0.770. The number of aliphatic hydroxyl groups is 1. The van der Waals surface area contributed by atoms with Gasteiger partial charge >= 0.3 is 0 Å². The highest BCUT2D eigenvalue weighted by Gasteiger charge is 2.24. The quantitative estimate of drug-likeness (QED) is 0.304. The standard InChI is InChI=1S/C24H29N3O6S/c1-32-22-11-12-25-24(33-2)23(22)19(13-16-7-5-4-6-8-16)26-15-21(29)17-9-10-20(28)18(14-17)27-34(3,30)31/h4-12,14,19,21,26-29H,13,15H2,1-3H3/t19-,21-/m1/s1. The van der Waals surface area contributed by atoms with Crippen LogP contribution in [0.2, 0.25) is 0 Å². The molecular weight excluding hydrogens is 458 g/mol. The van der Waals surface area contributed by atoms with E-state index in [2.05, 4.69) is 15.0 Å². The van der Waals surface area contributed by atoms with Gasteiger partial charge in [0.2, 0.25) is 15.9 Å². The fraction of sp³-hybridized carbons (Fsp3) is 0.292. The number of benzene rings is 2. The van der Waals surface area contributed by atoms with Crippen molar-refractivity contribution in [3.8, 4) is 17.4 Å². The van der Waals surface area contributed by atoms with Crippen LogP contribution in [0.5, 0.6) is 17.4 Å². The molecule has 0 aliphatic rings. The molecule has 182 valence electrons. The number of ether oxygens (including phenoxy) is 2. The third kappa shape index (κ3) is 6.60. The summed E-state index contributed by atoms with van der Waals surface area (Å²) in [7, 11) is -0.493. The number of phenolic OH excluding ortho intramolecular Hbond substituents is 1. The van der Waals surface area contributed by atoms with Gasteiger partial charge in [-0.15, -0.1) is 0 Å². The summed E-state index contributed by atoms with van der Waals surface area (Å²) < 4.78 is 36.4. The van der Waals surface area contributed by atoms with E-state index in [1.165, 1.54) is 25.3 Å². The first-order valence-electron chi connectivity index (χ1n) is 10.5. The van der Waals surface area contributed by atoms with E-state index in [9.17, 15) is 18.6 Å². The average molecular weight is 488 g/mol. The minimum atomic E-state index is -3.60. The Hall–Kier alpha value is -3.34. The van der Waals surface area contributed by atoms with Gasteiger partial charge in [-0.2, -0.15) is 0 Å². The Balaban J connectivity index is 1.88. The average Bonchev–Trinajstić information content (AvgIpc) is 2.82. The van der Waals surface area contributed by atoms with Crippen molar-refractivity contribution < 1.29 is 28.1 Å². The zero-order valence-electron chi connectivity index (χ0n) is 19.2. The summed E-state index contributed by atoms with van der Waals surface area (Å²) in [6, 6.07) is 15.5. The molecule has 3 rings (SSSR count). The monoisotopic (exact) mass is 487 g/mol. The molecule has 0 bridgehead atoms. The van der Waals surface area contributed by atoms with Crippen molar-refractivity contribution in [2.75, 3.05) is 31.7 Å². The zero-order valence-corrected chi connectivity index (χ0v) is 20.0. The van der Waals surface area contributed by atoms with E-state index in [1.54, 1.807) is 19.4 Å². The lowest BCUT2D eigenvalue weighted by molar-refractivity contribution is 0.169. The number of anilines is 1. The van der Waals surface area contributed by atoms with E-state index in [1.807, 2.05) is 30.3 Å². The summed E-state index contributed by atoms with van der Waals surface area (Å²) in [4.78, 5) is 4.31. The lowest BCUT2D eigenvalue weighted by Gasteiger charge is -2.24. The molecule has 0 unspecified atom stereocenters. The Morgan fingerprint density at radius 1 is 1.06 bits per heavy atom. The molecule has 9 nitrogen and oxygen atoms in total. The minimum absolute atomic E-state index is 0.00418. The van der Waals surface area contributed by atoms with Gasteiger partial charge in [0.15, 0.2) is 0 Å². The SMILES string of the molecule is COc1ccnc(OC)c1[C@@H](Cc1ccccc1)NC[C@@H](O)c1ccc(O)c(NS(C)(=O)=O)c1. The van der Waals surface area contributed by atoms with Crippen molar-refractivity contribution in [3.05, 3.63) is 77.5 Å². The van der Waals surface area contributed by atoms with Crippen molar-refractivity contribution in [2.24, 2.45) is 0 Å². The molecule has 0 radical (unpaired) electrons. The molecule has 4 N–H and O–H groups in total. The van der Waals surface area contributed by atoms with Gasteiger partial charge in [-0.25, -0.2) is 13.4 Å². The maximum Gasteiger partial charge on any atom is 0.229 e. The molecule has 0 fully saturated rings. The van der Waals surface area contributed by atoms with Crippen molar-refractivity contribution in [2.45, 2.75) is 18.6 Å². The van der Waals surface area contributed by atoms with Crippen LogP contribution in [-0.4, -0.2) is 50.6 Å². The first-order valence-corrected chi connectivity index (χ1v) is 12.4. The number of rotatable bonds is 11. The number of aromatic nitrogens is 1. The number of methoxy groups -OCH3 is 2. The smallest absolute Gasteiger partial charge is 0.229 e. The third-order valence-corrected chi connectivity index (χ3v) is 5.81. The van der Waals surface area contributed by atoms with Crippen molar-refractivity contribution in [1.29, 1.82) is 0 Å². The molecule has 1 aromatic heterocycles. The molecule has 34 heavy (non-hydrogen) atoms. The van der Waals surface area contributed by atoms with Gasteiger partial charge in [-0.3, -0.25) is 4.72 Å². The Morgan fingerprint density at radius 3 is 2.44 bits per heavy atom. The molecule has 0 aliphatic carbocycles. The van der Waals surface area contributed by atoms with Gasteiger partial charge in [-0.05, 0) is 35.7 Å². The van der Waals surface area contributed by atoms with Gasteiger partial charge in [0.25, 0.3) is 0 Å². The number of aliphatic hydroxyl groups excluding tert-OH is 1. The van der Waals surface area contributed by atoms with Crippen LogP contribution in [0.4, 0.5) is 5.69 Å². The fourth-order valence-electron chi connectivity index (χ4n) is 3.64. The van der Waals surface area contributed by atoms with Gasteiger partial charge in [-0.1, -0.05) is 36.4 Å². The van der Waals surface area contributed by atoms with Crippen LogP contribution in [0.1, 0.15) is 28.8 Å². The van der Waals surface area contributed by atoms with Crippen LogP contribution in [0.15, 0.2) is 60.8 Å². The normalized spacial score (nSPS) is 13.2. The summed E-state index contributed by atoms with van der Waals surface area (Å²) in [6.07, 6.45) is 2.16. The second kappa shape index (κ2) is 11.2. The van der Waals surface area contributed by atoms with E-state index in [4.69, 9.17) is 9.47 Å². The molecule has 0 saturated carbocycles.